The normalized spacial score (nSPS) is 11.0. The van der Waals surface area contributed by atoms with Crippen molar-refractivity contribution in [3.05, 3.63) is 94.6 Å². The second-order valence-electron chi connectivity index (χ2n) is 7.62. The van der Waals surface area contributed by atoms with Gasteiger partial charge in [-0.25, -0.2) is 9.97 Å². The number of alkyl halides is 3. The molecule has 0 saturated carbocycles. The molecule has 0 aliphatic carbocycles. The Labute approximate surface area is 219 Å². The lowest BCUT2D eigenvalue weighted by atomic mass is 10.1. The fourth-order valence-corrected chi connectivity index (χ4v) is 4.23. The maximum absolute atomic E-state index is 13.4. The molecule has 3 aromatic carbocycles. The lowest BCUT2D eigenvalue weighted by Gasteiger charge is -2.15. The minimum absolute atomic E-state index is 0.149. The van der Waals surface area contributed by atoms with Crippen LogP contribution >= 0.6 is 23.4 Å². The van der Waals surface area contributed by atoms with Gasteiger partial charge in [0.15, 0.2) is 0 Å². The molecule has 0 aliphatic heterocycles. The Morgan fingerprint density at radius 2 is 1.76 bits per heavy atom. The Morgan fingerprint density at radius 1 is 1.05 bits per heavy atom. The van der Waals surface area contributed by atoms with Crippen LogP contribution in [0.15, 0.2) is 77.8 Å². The van der Waals surface area contributed by atoms with E-state index >= 15 is 0 Å². The summed E-state index contributed by atoms with van der Waals surface area (Å²) in [4.78, 5) is 22.4. The lowest BCUT2D eigenvalue weighted by molar-refractivity contribution is -0.136. The number of aromatic nitrogens is 2. The molecule has 37 heavy (non-hydrogen) atoms. The highest BCUT2D eigenvalue weighted by atomic mass is 35.5. The van der Waals surface area contributed by atoms with Gasteiger partial charge in [0, 0.05) is 23.0 Å². The van der Waals surface area contributed by atoms with E-state index in [2.05, 4.69) is 26.7 Å². The molecular formula is C26H17ClF3N5OS. The summed E-state index contributed by atoms with van der Waals surface area (Å²) in [7, 11) is 0. The van der Waals surface area contributed by atoms with E-state index in [1.54, 1.807) is 30.5 Å². The number of halogens is 4. The van der Waals surface area contributed by atoms with Crippen LogP contribution in [-0.4, -0.2) is 22.1 Å². The van der Waals surface area contributed by atoms with Crippen LogP contribution in [0.5, 0.6) is 0 Å². The number of hydrogen-bond donors (Lipinski definition) is 2. The van der Waals surface area contributed by atoms with Crippen molar-refractivity contribution in [2.45, 2.75) is 11.1 Å². The van der Waals surface area contributed by atoms with Crippen molar-refractivity contribution in [2.75, 3.05) is 16.9 Å². The Morgan fingerprint density at radius 3 is 2.38 bits per heavy atom. The molecule has 1 heterocycles. The number of anilines is 3. The van der Waals surface area contributed by atoms with Crippen molar-refractivity contribution in [1.82, 2.24) is 9.97 Å². The van der Waals surface area contributed by atoms with Crippen LogP contribution in [-0.2, 0) is 6.18 Å². The number of thioether (sulfide) groups is 1. The highest BCUT2D eigenvalue weighted by Gasteiger charge is 2.36. The average Bonchev–Trinajstić information content (AvgIpc) is 2.88. The summed E-state index contributed by atoms with van der Waals surface area (Å²) in [6, 6.07) is 18.8. The van der Waals surface area contributed by atoms with Crippen LogP contribution in [0.25, 0.3) is 11.3 Å². The van der Waals surface area contributed by atoms with Crippen molar-refractivity contribution in [2.24, 2.45) is 0 Å². The van der Waals surface area contributed by atoms with Gasteiger partial charge in [-0.15, -0.1) is 11.8 Å². The van der Waals surface area contributed by atoms with E-state index in [9.17, 15) is 18.0 Å². The molecule has 0 aliphatic rings. The minimum atomic E-state index is -4.73. The predicted molar refractivity (Wildman–Crippen MR) is 138 cm³/mol. The Kier molecular flexibility index (Phi) is 7.66. The largest absolute Gasteiger partial charge is 0.419 e. The number of nitriles is 1. The van der Waals surface area contributed by atoms with Gasteiger partial charge in [0.25, 0.3) is 5.91 Å². The fourth-order valence-electron chi connectivity index (χ4n) is 3.43. The van der Waals surface area contributed by atoms with Gasteiger partial charge in [-0.3, -0.25) is 4.79 Å². The van der Waals surface area contributed by atoms with Gasteiger partial charge in [0.05, 0.1) is 38.5 Å². The first-order chi connectivity index (χ1) is 17.7. The van der Waals surface area contributed by atoms with Crippen molar-refractivity contribution >= 4 is 46.6 Å². The molecule has 1 aromatic heterocycles. The second-order valence-corrected chi connectivity index (χ2v) is 8.87. The lowest BCUT2D eigenvalue weighted by Crippen LogP contribution is -2.17. The smallest absolute Gasteiger partial charge is 0.324 e. The van der Waals surface area contributed by atoms with Gasteiger partial charge < -0.3 is 10.6 Å². The van der Waals surface area contributed by atoms with E-state index in [-0.39, 0.29) is 5.56 Å². The maximum atomic E-state index is 13.4. The zero-order valence-electron chi connectivity index (χ0n) is 19.1. The third kappa shape index (κ3) is 6.02. The Balaban J connectivity index is 1.52. The fraction of sp³-hybridized carbons (Fsp3) is 0.0769. The molecule has 186 valence electrons. The number of amides is 1. The number of benzene rings is 3. The molecule has 0 fully saturated rings. The maximum Gasteiger partial charge on any atom is 0.419 e. The van der Waals surface area contributed by atoms with E-state index in [0.29, 0.717) is 22.9 Å². The Bertz CT molecular complexity index is 1490. The standard InChI is InChI=1S/C26H17ClF3N5OS/c1-37-21-14-32-25(35-23(21)16-7-5-15(13-31)6-8-16)33-18-11-9-17(10-12-18)24(36)34-20-4-2-3-19(27)22(20)26(28,29)30/h2-12,14H,1H3,(H,34,36)(H,32,33,35). The van der Waals surface area contributed by atoms with Gasteiger partial charge in [-0.1, -0.05) is 29.8 Å². The zero-order valence-corrected chi connectivity index (χ0v) is 20.7. The summed E-state index contributed by atoms with van der Waals surface area (Å²) in [5.74, 6) is -0.411. The molecule has 0 atom stereocenters. The predicted octanol–water partition coefficient (Wildman–Crippen LogP) is 7.41. The highest BCUT2D eigenvalue weighted by molar-refractivity contribution is 7.98. The van der Waals surface area contributed by atoms with E-state index < -0.39 is 28.4 Å². The van der Waals surface area contributed by atoms with E-state index in [1.807, 2.05) is 18.4 Å². The summed E-state index contributed by atoms with van der Waals surface area (Å²) in [6.07, 6.45) is -1.14. The molecule has 6 nitrogen and oxygen atoms in total. The molecular weight excluding hydrogens is 523 g/mol. The van der Waals surface area contributed by atoms with E-state index in [0.717, 1.165) is 22.6 Å². The molecule has 11 heteroatoms. The summed E-state index contributed by atoms with van der Waals surface area (Å²) in [5, 5.41) is 13.9. The number of nitrogens with zero attached hydrogens (tertiary/aromatic N) is 3. The van der Waals surface area contributed by atoms with Crippen molar-refractivity contribution in [3.8, 4) is 17.3 Å². The molecule has 0 unspecified atom stereocenters. The summed E-state index contributed by atoms with van der Waals surface area (Å²) < 4.78 is 40.1. The van der Waals surface area contributed by atoms with Gasteiger partial charge in [0.2, 0.25) is 5.95 Å². The molecule has 4 rings (SSSR count). The molecule has 1 amide bonds. The number of hydrogen-bond acceptors (Lipinski definition) is 6. The van der Waals surface area contributed by atoms with Gasteiger partial charge >= 0.3 is 6.18 Å². The third-order valence-corrected chi connectivity index (χ3v) is 6.26. The van der Waals surface area contributed by atoms with Crippen LogP contribution in [0.1, 0.15) is 21.5 Å². The zero-order chi connectivity index (χ0) is 26.6. The van der Waals surface area contributed by atoms with Crippen molar-refractivity contribution in [1.29, 1.82) is 5.26 Å². The monoisotopic (exact) mass is 539 g/mol. The third-order valence-electron chi connectivity index (χ3n) is 5.21. The first-order valence-corrected chi connectivity index (χ1v) is 12.3. The summed E-state index contributed by atoms with van der Waals surface area (Å²) >= 11 is 7.20. The Hall–Kier alpha value is -4.07. The van der Waals surface area contributed by atoms with Gasteiger partial charge in [-0.05, 0) is 54.8 Å². The van der Waals surface area contributed by atoms with Gasteiger partial charge in [0.1, 0.15) is 0 Å². The van der Waals surface area contributed by atoms with Crippen molar-refractivity contribution in [3.63, 3.8) is 0 Å². The molecule has 0 bridgehead atoms. The molecule has 2 N–H and O–H groups in total. The summed E-state index contributed by atoms with van der Waals surface area (Å²) in [6.45, 7) is 0. The number of carbonyl (C=O) groups is 1. The minimum Gasteiger partial charge on any atom is -0.324 e. The van der Waals surface area contributed by atoms with Crippen LogP contribution in [0.3, 0.4) is 0 Å². The number of rotatable bonds is 6. The SMILES string of the molecule is CSc1cnc(Nc2ccc(C(=O)Nc3cccc(Cl)c3C(F)(F)F)cc2)nc1-c1ccc(C#N)cc1. The second kappa shape index (κ2) is 10.9. The van der Waals surface area contributed by atoms with Crippen LogP contribution in [0.2, 0.25) is 5.02 Å². The summed E-state index contributed by atoms with van der Waals surface area (Å²) in [5.41, 5.74) is 1.23. The van der Waals surface area contributed by atoms with E-state index in [1.165, 1.54) is 30.0 Å². The van der Waals surface area contributed by atoms with Crippen LogP contribution < -0.4 is 10.6 Å². The number of nitrogens with one attached hydrogen (secondary N) is 2. The molecule has 4 aromatic rings. The first kappa shape index (κ1) is 26.0. The number of carbonyl (C=O) groups excluding carboxylic acids is 1. The van der Waals surface area contributed by atoms with Gasteiger partial charge in [-0.2, -0.15) is 18.4 Å². The molecule has 0 radical (unpaired) electrons. The average molecular weight is 540 g/mol. The first-order valence-electron chi connectivity index (χ1n) is 10.7. The van der Waals surface area contributed by atoms with E-state index in [4.69, 9.17) is 16.9 Å². The van der Waals surface area contributed by atoms with Crippen LogP contribution in [0, 0.1) is 11.3 Å². The highest BCUT2D eigenvalue weighted by Crippen LogP contribution is 2.40. The molecule has 0 saturated heterocycles. The quantitative estimate of drug-likeness (QED) is 0.248. The van der Waals surface area contributed by atoms with Crippen molar-refractivity contribution < 1.29 is 18.0 Å². The van der Waals surface area contributed by atoms with Crippen LogP contribution in [0.4, 0.5) is 30.5 Å². The molecule has 0 spiro atoms. The topological polar surface area (TPSA) is 90.7 Å².